The fourth-order valence-corrected chi connectivity index (χ4v) is 2.00. The summed E-state index contributed by atoms with van der Waals surface area (Å²) in [4.78, 5) is 0. The zero-order chi connectivity index (χ0) is 14.3. The van der Waals surface area contributed by atoms with Crippen LogP contribution in [0.1, 0.15) is 51.6 Å². The first kappa shape index (κ1) is 16.1. The average molecular weight is 286 g/mol. The van der Waals surface area contributed by atoms with Gasteiger partial charge in [-0.25, -0.2) is 0 Å². The number of hydrogen-bond acceptors (Lipinski definition) is 3. The monoisotopic (exact) mass is 285 g/mol. The number of nitrogens with two attached hydrogens (primary N) is 1. The van der Waals surface area contributed by atoms with Crippen molar-refractivity contribution in [1.82, 2.24) is 0 Å². The van der Waals surface area contributed by atoms with Crippen LogP contribution in [0.3, 0.4) is 0 Å². The van der Waals surface area contributed by atoms with E-state index in [-0.39, 0.29) is 6.04 Å². The zero-order valence-electron chi connectivity index (χ0n) is 12.0. The van der Waals surface area contributed by atoms with Gasteiger partial charge in [-0.05, 0) is 30.9 Å². The molecule has 0 saturated carbocycles. The van der Waals surface area contributed by atoms with Crippen LogP contribution in [0.2, 0.25) is 5.02 Å². The Hall–Kier alpha value is -0.930. The van der Waals surface area contributed by atoms with E-state index >= 15 is 0 Å². The predicted molar refractivity (Wildman–Crippen MR) is 80.2 cm³/mol. The van der Waals surface area contributed by atoms with Crippen LogP contribution < -0.4 is 15.2 Å². The summed E-state index contributed by atoms with van der Waals surface area (Å²) in [6, 6.07) is 3.65. The first-order valence-corrected chi connectivity index (χ1v) is 7.36. The van der Waals surface area contributed by atoms with E-state index < -0.39 is 0 Å². The number of rotatable bonds is 8. The van der Waals surface area contributed by atoms with Gasteiger partial charge in [0, 0.05) is 17.1 Å². The van der Waals surface area contributed by atoms with Crippen molar-refractivity contribution < 1.29 is 9.47 Å². The summed E-state index contributed by atoms with van der Waals surface area (Å²) in [5.41, 5.74) is 6.98. The van der Waals surface area contributed by atoms with Gasteiger partial charge in [-0.1, -0.05) is 32.4 Å². The Morgan fingerprint density at radius 2 is 1.58 bits per heavy atom. The van der Waals surface area contributed by atoms with Gasteiger partial charge < -0.3 is 15.2 Å². The summed E-state index contributed by atoms with van der Waals surface area (Å²) in [6.07, 6.45) is 2.73. The lowest BCUT2D eigenvalue weighted by Crippen LogP contribution is -2.10. The summed E-state index contributed by atoms with van der Waals surface area (Å²) < 4.78 is 11.4. The van der Waals surface area contributed by atoms with E-state index in [2.05, 4.69) is 13.8 Å². The highest BCUT2D eigenvalue weighted by atomic mass is 35.5. The van der Waals surface area contributed by atoms with Gasteiger partial charge in [0.15, 0.2) is 11.5 Å². The molecule has 0 aromatic heterocycles. The molecule has 0 aliphatic carbocycles. The summed E-state index contributed by atoms with van der Waals surface area (Å²) in [5, 5.41) is 0.643. The zero-order valence-corrected chi connectivity index (χ0v) is 12.8. The molecule has 0 heterocycles. The van der Waals surface area contributed by atoms with Gasteiger partial charge in [0.1, 0.15) is 0 Å². The molecule has 1 aromatic carbocycles. The highest BCUT2D eigenvalue weighted by Crippen LogP contribution is 2.36. The molecule has 0 spiro atoms. The molecule has 0 saturated heterocycles. The molecule has 3 nitrogen and oxygen atoms in total. The molecule has 0 aliphatic heterocycles. The largest absolute Gasteiger partial charge is 0.490 e. The fourth-order valence-electron chi connectivity index (χ4n) is 1.70. The summed E-state index contributed by atoms with van der Waals surface area (Å²) >= 11 is 6.27. The molecule has 0 fully saturated rings. The van der Waals surface area contributed by atoms with E-state index in [9.17, 15) is 0 Å². The standard InChI is InChI=1S/C15H24ClNO2/c1-4-7-18-14-9-11(13(17)6-3)12(16)10-15(14)19-8-5-2/h9-10,13H,4-8,17H2,1-3H3. The Balaban J connectivity index is 3.04. The molecule has 1 unspecified atom stereocenters. The third-order valence-corrected chi connectivity index (χ3v) is 3.15. The van der Waals surface area contributed by atoms with E-state index in [0.717, 1.165) is 30.6 Å². The average Bonchev–Trinajstić information content (AvgIpc) is 2.43. The van der Waals surface area contributed by atoms with Crippen molar-refractivity contribution in [3.63, 3.8) is 0 Å². The third kappa shape index (κ3) is 4.59. The first-order chi connectivity index (χ1) is 9.13. The smallest absolute Gasteiger partial charge is 0.162 e. The van der Waals surface area contributed by atoms with Crippen LogP contribution in [0.5, 0.6) is 11.5 Å². The maximum absolute atomic E-state index is 6.27. The van der Waals surface area contributed by atoms with E-state index in [4.69, 9.17) is 26.8 Å². The molecule has 1 rings (SSSR count). The quantitative estimate of drug-likeness (QED) is 0.773. The van der Waals surface area contributed by atoms with Crippen molar-refractivity contribution in [2.45, 2.75) is 46.1 Å². The van der Waals surface area contributed by atoms with Gasteiger partial charge in [0.05, 0.1) is 13.2 Å². The molecular weight excluding hydrogens is 262 g/mol. The van der Waals surface area contributed by atoms with E-state index in [1.54, 1.807) is 0 Å². The van der Waals surface area contributed by atoms with Crippen LogP contribution in [-0.4, -0.2) is 13.2 Å². The van der Waals surface area contributed by atoms with Crippen LogP contribution in [0, 0.1) is 0 Å². The molecule has 1 atom stereocenters. The molecule has 0 bridgehead atoms. The molecule has 0 aliphatic rings. The normalized spacial score (nSPS) is 12.3. The van der Waals surface area contributed by atoms with Crippen molar-refractivity contribution in [3.8, 4) is 11.5 Å². The molecule has 108 valence electrons. The van der Waals surface area contributed by atoms with E-state index in [0.29, 0.717) is 24.0 Å². The minimum Gasteiger partial charge on any atom is -0.490 e. The molecule has 4 heteroatoms. The van der Waals surface area contributed by atoms with Gasteiger partial charge in [-0.3, -0.25) is 0 Å². The van der Waals surface area contributed by atoms with Crippen molar-refractivity contribution in [2.75, 3.05) is 13.2 Å². The van der Waals surface area contributed by atoms with Crippen LogP contribution in [-0.2, 0) is 0 Å². The maximum Gasteiger partial charge on any atom is 0.162 e. The number of halogens is 1. The molecular formula is C15H24ClNO2. The number of benzene rings is 1. The molecule has 0 amide bonds. The van der Waals surface area contributed by atoms with Gasteiger partial charge in [-0.15, -0.1) is 0 Å². The van der Waals surface area contributed by atoms with Crippen LogP contribution in [0.15, 0.2) is 12.1 Å². The third-order valence-electron chi connectivity index (χ3n) is 2.83. The second kappa shape index (κ2) is 8.28. The highest BCUT2D eigenvalue weighted by Gasteiger charge is 2.15. The molecule has 1 aromatic rings. The SMILES string of the molecule is CCCOc1cc(Cl)c(C(N)CC)cc1OCCC. The van der Waals surface area contributed by atoms with Gasteiger partial charge in [-0.2, -0.15) is 0 Å². The number of ether oxygens (including phenoxy) is 2. The minimum atomic E-state index is -0.0725. The van der Waals surface area contributed by atoms with Crippen molar-refractivity contribution >= 4 is 11.6 Å². The van der Waals surface area contributed by atoms with Crippen molar-refractivity contribution in [1.29, 1.82) is 0 Å². The lowest BCUT2D eigenvalue weighted by molar-refractivity contribution is 0.268. The van der Waals surface area contributed by atoms with Crippen LogP contribution in [0.4, 0.5) is 0 Å². The fraction of sp³-hybridized carbons (Fsp3) is 0.600. The topological polar surface area (TPSA) is 44.5 Å². The van der Waals surface area contributed by atoms with Gasteiger partial charge in [0.2, 0.25) is 0 Å². The Morgan fingerprint density at radius 1 is 1.05 bits per heavy atom. The van der Waals surface area contributed by atoms with Crippen molar-refractivity contribution in [3.05, 3.63) is 22.7 Å². The van der Waals surface area contributed by atoms with Gasteiger partial charge >= 0.3 is 0 Å². The minimum absolute atomic E-state index is 0.0725. The second-order valence-electron chi connectivity index (χ2n) is 4.53. The lowest BCUT2D eigenvalue weighted by atomic mass is 10.0. The summed E-state index contributed by atoms with van der Waals surface area (Å²) in [5.74, 6) is 1.44. The Kier molecular flexibility index (Phi) is 7.03. The lowest BCUT2D eigenvalue weighted by Gasteiger charge is -2.17. The van der Waals surface area contributed by atoms with Crippen LogP contribution in [0.25, 0.3) is 0 Å². The summed E-state index contributed by atoms with van der Waals surface area (Å²) in [7, 11) is 0. The Morgan fingerprint density at radius 3 is 2.05 bits per heavy atom. The molecule has 2 N–H and O–H groups in total. The maximum atomic E-state index is 6.27. The number of hydrogen-bond donors (Lipinski definition) is 1. The van der Waals surface area contributed by atoms with Crippen molar-refractivity contribution in [2.24, 2.45) is 5.73 Å². The Bertz CT molecular complexity index is 396. The van der Waals surface area contributed by atoms with Gasteiger partial charge in [0.25, 0.3) is 0 Å². The highest BCUT2D eigenvalue weighted by molar-refractivity contribution is 6.31. The summed E-state index contributed by atoms with van der Waals surface area (Å²) in [6.45, 7) is 7.48. The Labute approximate surface area is 121 Å². The van der Waals surface area contributed by atoms with E-state index in [1.807, 2.05) is 19.1 Å². The van der Waals surface area contributed by atoms with Crippen LogP contribution >= 0.6 is 11.6 Å². The van der Waals surface area contributed by atoms with E-state index in [1.165, 1.54) is 0 Å². The second-order valence-corrected chi connectivity index (χ2v) is 4.94. The first-order valence-electron chi connectivity index (χ1n) is 6.98. The molecule has 19 heavy (non-hydrogen) atoms. The predicted octanol–water partition coefficient (Wildman–Crippen LogP) is 4.33. The molecule has 0 radical (unpaired) electrons.